The van der Waals surface area contributed by atoms with Gasteiger partial charge in [0.05, 0.1) is 12.7 Å². The summed E-state index contributed by atoms with van der Waals surface area (Å²) in [6.07, 6.45) is 4.22. The molecule has 1 aromatic carbocycles. The molecular weight excluding hydrogens is 234 g/mol. The molecule has 0 bridgehead atoms. The van der Waals surface area contributed by atoms with Gasteiger partial charge < -0.3 is 4.74 Å². The van der Waals surface area contributed by atoms with Gasteiger partial charge in [0.2, 0.25) is 0 Å². The van der Waals surface area contributed by atoms with Crippen LogP contribution in [-0.4, -0.2) is 30.6 Å². The first-order valence-corrected chi connectivity index (χ1v) is 6.82. The number of halogens is 1. The van der Waals surface area contributed by atoms with Crippen molar-refractivity contribution in [2.24, 2.45) is 0 Å². The lowest BCUT2D eigenvalue weighted by Gasteiger charge is -2.42. The van der Waals surface area contributed by atoms with Crippen LogP contribution in [0.4, 0.5) is 0 Å². The van der Waals surface area contributed by atoms with Crippen LogP contribution in [0.1, 0.15) is 30.9 Å². The van der Waals surface area contributed by atoms with Gasteiger partial charge in [-0.2, -0.15) is 0 Å². The first-order valence-electron chi connectivity index (χ1n) is 6.44. The highest BCUT2D eigenvalue weighted by Gasteiger charge is 2.31. The van der Waals surface area contributed by atoms with Crippen molar-refractivity contribution in [2.45, 2.75) is 31.4 Å². The van der Waals surface area contributed by atoms with E-state index in [4.69, 9.17) is 16.3 Å². The monoisotopic (exact) mass is 251 g/mol. The zero-order chi connectivity index (χ0) is 11.7. The van der Waals surface area contributed by atoms with Crippen molar-refractivity contribution < 1.29 is 4.74 Å². The molecule has 0 aliphatic carbocycles. The standard InChI is InChI=1S/C14H18ClNO/c15-12-6-4-11(5-7-12)14-9-16-8-2-1-3-13(16)10-17-14/h4-7,13-14H,1-3,8-10H2. The van der Waals surface area contributed by atoms with E-state index in [0.29, 0.717) is 6.04 Å². The van der Waals surface area contributed by atoms with Crippen molar-refractivity contribution in [2.75, 3.05) is 19.7 Å². The van der Waals surface area contributed by atoms with Crippen molar-refractivity contribution in [3.8, 4) is 0 Å². The number of rotatable bonds is 1. The molecule has 3 heteroatoms. The van der Waals surface area contributed by atoms with Gasteiger partial charge in [0, 0.05) is 17.6 Å². The second kappa shape index (κ2) is 4.97. The maximum Gasteiger partial charge on any atom is 0.0952 e. The molecular formula is C14H18ClNO. The highest BCUT2D eigenvalue weighted by Crippen LogP contribution is 2.29. The molecule has 0 saturated carbocycles. The fourth-order valence-corrected chi connectivity index (χ4v) is 2.99. The third-order valence-electron chi connectivity index (χ3n) is 3.88. The van der Waals surface area contributed by atoms with Gasteiger partial charge in [-0.3, -0.25) is 4.90 Å². The van der Waals surface area contributed by atoms with E-state index in [1.54, 1.807) is 0 Å². The van der Waals surface area contributed by atoms with E-state index in [-0.39, 0.29) is 6.10 Å². The minimum absolute atomic E-state index is 0.224. The van der Waals surface area contributed by atoms with E-state index in [1.165, 1.54) is 31.4 Å². The van der Waals surface area contributed by atoms with E-state index in [1.807, 2.05) is 12.1 Å². The Morgan fingerprint density at radius 1 is 1.18 bits per heavy atom. The zero-order valence-electron chi connectivity index (χ0n) is 9.94. The molecule has 2 unspecified atom stereocenters. The molecule has 17 heavy (non-hydrogen) atoms. The predicted molar refractivity (Wildman–Crippen MR) is 69.4 cm³/mol. The second-order valence-electron chi connectivity index (χ2n) is 5.02. The number of hydrogen-bond acceptors (Lipinski definition) is 2. The summed E-state index contributed by atoms with van der Waals surface area (Å²) in [5.74, 6) is 0. The van der Waals surface area contributed by atoms with Crippen LogP contribution in [0.25, 0.3) is 0 Å². The molecule has 2 atom stereocenters. The lowest BCUT2D eigenvalue weighted by Crippen LogP contribution is -2.48. The van der Waals surface area contributed by atoms with Crippen LogP contribution in [0.3, 0.4) is 0 Å². The molecule has 2 heterocycles. The van der Waals surface area contributed by atoms with Gasteiger partial charge in [0.1, 0.15) is 0 Å². The average Bonchev–Trinajstić information content (AvgIpc) is 2.39. The summed E-state index contributed by atoms with van der Waals surface area (Å²) in [4.78, 5) is 2.59. The Bertz CT molecular complexity index is 378. The summed E-state index contributed by atoms with van der Waals surface area (Å²) >= 11 is 5.91. The second-order valence-corrected chi connectivity index (χ2v) is 5.45. The third kappa shape index (κ3) is 2.49. The molecule has 2 aliphatic rings. The summed E-state index contributed by atoms with van der Waals surface area (Å²) in [7, 11) is 0. The minimum atomic E-state index is 0.224. The van der Waals surface area contributed by atoms with Crippen LogP contribution >= 0.6 is 11.6 Å². The fourth-order valence-electron chi connectivity index (χ4n) is 2.86. The molecule has 3 rings (SSSR count). The van der Waals surface area contributed by atoms with Crippen LogP contribution in [-0.2, 0) is 4.74 Å². The normalized spacial score (nSPS) is 29.9. The number of piperidine rings is 1. The maximum atomic E-state index is 5.99. The molecule has 1 aromatic rings. The van der Waals surface area contributed by atoms with Crippen molar-refractivity contribution in [1.29, 1.82) is 0 Å². The SMILES string of the molecule is Clc1ccc(C2CN3CCCCC3CO2)cc1. The number of benzene rings is 1. The van der Waals surface area contributed by atoms with Crippen LogP contribution < -0.4 is 0 Å². The van der Waals surface area contributed by atoms with Gasteiger partial charge in [0.15, 0.2) is 0 Å². The average molecular weight is 252 g/mol. The Labute approximate surface area is 108 Å². The molecule has 0 spiro atoms. The molecule has 2 nitrogen and oxygen atoms in total. The van der Waals surface area contributed by atoms with Crippen LogP contribution in [0.2, 0.25) is 5.02 Å². The molecule has 2 aliphatic heterocycles. The van der Waals surface area contributed by atoms with E-state index in [2.05, 4.69) is 17.0 Å². The fraction of sp³-hybridized carbons (Fsp3) is 0.571. The minimum Gasteiger partial charge on any atom is -0.371 e. The molecule has 0 radical (unpaired) electrons. The van der Waals surface area contributed by atoms with E-state index in [9.17, 15) is 0 Å². The lowest BCUT2D eigenvalue weighted by atomic mass is 9.98. The Hall–Kier alpha value is -0.570. The zero-order valence-corrected chi connectivity index (χ0v) is 10.7. The largest absolute Gasteiger partial charge is 0.371 e. The summed E-state index contributed by atoms with van der Waals surface area (Å²) in [5.41, 5.74) is 1.25. The smallest absolute Gasteiger partial charge is 0.0952 e. The summed E-state index contributed by atoms with van der Waals surface area (Å²) < 4.78 is 5.99. The molecule has 2 saturated heterocycles. The lowest BCUT2D eigenvalue weighted by molar-refractivity contribution is -0.0766. The molecule has 0 amide bonds. The number of hydrogen-bond donors (Lipinski definition) is 0. The van der Waals surface area contributed by atoms with Gasteiger partial charge in [-0.05, 0) is 37.1 Å². The Kier molecular flexibility index (Phi) is 3.37. The van der Waals surface area contributed by atoms with Gasteiger partial charge in [-0.15, -0.1) is 0 Å². The van der Waals surface area contributed by atoms with E-state index in [0.717, 1.165) is 18.2 Å². The van der Waals surface area contributed by atoms with Crippen molar-refractivity contribution in [1.82, 2.24) is 4.90 Å². The van der Waals surface area contributed by atoms with Crippen LogP contribution in [0.5, 0.6) is 0 Å². The molecule has 2 fully saturated rings. The van der Waals surface area contributed by atoms with Crippen molar-refractivity contribution in [3.05, 3.63) is 34.9 Å². The van der Waals surface area contributed by atoms with E-state index >= 15 is 0 Å². The molecule has 0 N–H and O–H groups in total. The number of ether oxygens (including phenoxy) is 1. The quantitative estimate of drug-likeness (QED) is 0.760. The van der Waals surface area contributed by atoms with Crippen molar-refractivity contribution >= 4 is 11.6 Å². The van der Waals surface area contributed by atoms with Gasteiger partial charge in [-0.25, -0.2) is 0 Å². The van der Waals surface area contributed by atoms with Gasteiger partial charge in [0.25, 0.3) is 0 Å². The summed E-state index contributed by atoms with van der Waals surface area (Å²) in [6, 6.07) is 8.71. The highest BCUT2D eigenvalue weighted by atomic mass is 35.5. The van der Waals surface area contributed by atoms with Crippen molar-refractivity contribution in [3.63, 3.8) is 0 Å². The molecule has 0 aromatic heterocycles. The maximum absolute atomic E-state index is 5.99. The third-order valence-corrected chi connectivity index (χ3v) is 4.13. The summed E-state index contributed by atoms with van der Waals surface area (Å²) in [5, 5.41) is 0.792. The highest BCUT2D eigenvalue weighted by molar-refractivity contribution is 6.30. The first-order chi connectivity index (χ1) is 8.33. The van der Waals surface area contributed by atoms with Gasteiger partial charge in [-0.1, -0.05) is 30.2 Å². The topological polar surface area (TPSA) is 12.5 Å². The van der Waals surface area contributed by atoms with Gasteiger partial charge >= 0.3 is 0 Å². The first kappa shape index (κ1) is 11.5. The Morgan fingerprint density at radius 3 is 2.82 bits per heavy atom. The number of nitrogens with zero attached hydrogens (tertiary/aromatic N) is 1. The summed E-state index contributed by atoms with van der Waals surface area (Å²) in [6.45, 7) is 3.15. The van der Waals surface area contributed by atoms with Crippen LogP contribution in [0.15, 0.2) is 24.3 Å². The Balaban J connectivity index is 1.71. The molecule has 92 valence electrons. The Morgan fingerprint density at radius 2 is 2.00 bits per heavy atom. The van der Waals surface area contributed by atoms with Crippen LogP contribution in [0, 0.1) is 0 Å². The number of morpholine rings is 1. The number of fused-ring (bicyclic) bond motifs is 1. The predicted octanol–water partition coefficient (Wildman–Crippen LogP) is 3.27. The van der Waals surface area contributed by atoms with E-state index < -0.39 is 0 Å².